The number of hydrogen-bond acceptors (Lipinski definition) is 6. The molecule has 7 heteroatoms. The van der Waals surface area contributed by atoms with Gasteiger partial charge in [-0.3, -0.25) is 0 Å². The Labute approximate surface area is 75.7 Å². The van der Waals surface area contributed by atoms with Crippen molar-refractivity contribution in [3.05, 3.63) is 6.07 Å². The lowest BCUT2D eigenvalue weighted by Crippen LogP contribution is -2.07. The van der Waals surface area contributed by atoms with E-state index in [-0.39, 0.29) is 16.9 Å². The molecule has 0 spiro atoms. The van der Waals surface area contributed by atoms with E-state index in [0.717, 1.165) is 6.26 Å². The largest absolute Gasteiger partial charge is 0.481 e. The average molecular weight is 203 g/mol. The maximum atomic E-state index is 11.0. The number of hydrogen-bond donors (Lipinski definition) is 1. The summed E-state index contributed by atoms with van der Waals surface area (Å²) in [7, 11) is -2.07. The second-order valence-corrected chi connectivity index (χ2v) is 4.30. The van der Waals surface area contributed by atoms with Crippen LogP contribution in [0.15, 0.2) is 11.2 Å². The number of rotatable bonds is 2. The molecule has 0 radical (unpaired) electrons. The number of sulfone groups is 1. The third-order valence-electron chi connectivity index (χ3n) is 1.24. The highest BCUT2D eigenvalue weighted by Crippen LogP contribution is 2.12. The highest BCUT2D eigenvalue weighted by molar-refractivity contribution is 7.90. The van der Waals surface area contributed by atoms with Crippen molar-refractivity contribution in [3.63, 3.8) is 0 Å². The van der Waals surface area contributed by atoms with Crippen LogP contribution in [0.2, 0.25) is 0 Å². The average Bonchev–Trinajstić information content (AvgIpc) is 2.01. The van der Waals surface area contributed by atoms with Gasteiger partial charge in [-0.05, 0) is 0 Å². The van der Waals surface area contributed by atoms with E-state index in [9.17, 15) is 8.42 Å². The monoisotopic (exact) mass is 203 g/mol. The summed E-state index contributed by atoms with van der Waals surface area (Å²) in [6, 6.07) is 1.34. The van der Waals surface area contributed by atoms with Crippen molar-refractivity contribution in [2.24, 2.45) is 0 Å². The lowest BCUT2D eigenvalue weighted by Gasteiger charge is -2.01. The summed E-state index contributed by atoms with van der Waals surface area (Å²) in [6.45, 7) is 0. The molecule has 0 aliphatic heterocycles. The molecule has 1 aromatic rings. The minimum absolute atomic E-state index is 0.0623. The van der Waals surface area contributed by atoms with Crippen LogP contribution in [0.4, 0.5) is 5.82 Å². The molecule has 1 rings (SSSR count). The SMILES string of the molecule is COc1cc(N)nc(S(C)(=O)=O)n1. The van der Waals surface area contributed by atoms with Crippen LogP contribution in [0.25, 0.3) is 0 Å². The molecule has 0 fully saturated rings. The Kier molecular flexibility index (Phi) is 2.37. The first-order chi connectivity index (χ1) is 5.93. The first kappa shape index (κ1) is 9.72. The Hall–Kier alpha value is -1.37. The van der Waals surface area contributed by atoms with E-state index < -0.39 is 9.84 Å². The Morgan fingerprint density at radius 2 is 2.08 bits per heavy atom. The zero-order chi connectivity index (χ0) is 10.1. The highest BCUT2D eigenvalue weighted by Gasteiger charge is 2.13. The number of anilines is 1. The fourth-order valence-electron chi connectivity index (χ4n) is 0.691. The van der Waals surface area contributed by atoms with E-state index in [1.165, 1.54) is 13.2 Å². The summed E-state index contributed by atoms with van der Waals surface area (Å²) >= 11 is 0. The zero-order valence-corrected chi connectivity index (χ0v) is 8.00. The second kappa shape index (κ2) is 3.17. The van der Waals surface area contributed by atoms with E-state index in [1.54, 1.807) is 0 Å². The van der Waals surface area contributed by atoms with Crippen LogP contribution in [-0.4, -0.2) is 31.8 Å². The molecule has 0 bridgehead atoms. The van der Waals surface area contributed by atoms with E-state index in [4.69, 9.17) is 10.5 Å². The standard InChI is InChI=1S/C6H9N3O3S/c1-12-5-3-4(7)8-6(9-5)13(2,10)11/h3H,1-2H3,(H2,7,8,9). The molecule has 1 aromatic heterocycles. The van der Waals surface area contributed by atoms with Gasteiger partial charge in [0.15, 0.2) is 0 Å². The van der Waals surface area contributed by atoms with Crippen LogP contribution < -0.4 is 10.5 Å². The van der Waals surface area contributed by atoms with Crippen molar-refractivity contribution in [2.45, 2.75) is 5.16 Å². The minimum atomic E-state index is -3.44. The van der Waals surface area contributed by atoms with Crippen LogP contribution in [0, 0.1) is 0 Å². The van der Waals surface area contributed by atoms with Crippen LogP contribution in [0.5, 0.6) is 5.88 Å². The molecule has 1 heterocycles. The van der Waals surface area contributed by atoms with Crippen molar-refractivity contribution in [1.82, 2.24) is 9.97 Å². The van der Waals surface area contributed by atoms with Gasteiger partial charge in [-0.15, -0.1) is 0 Å². The number of nitrogens with zero attached hydrogens (tertiary/aromatic N) is 2. The molecule has 2 N–H and O–H groups in total. The summed E-state index contributed by atoms with van der Waals surface area (Å²) in [6.07, 6.45) is 1.00. The van der Waals surface area contributed by atoms with E-state index >= 15 is 0 Å². The maximum Gasteiger partial charge on any atom is 0.252 e. The number of aromatic nitrogens is 2. The minimum Gasteiger partial charge on any atom is -0.481 e. The third kappa shape index (κ3) is 2.28. The number of nitrogen functional groups attached to an aromatic ring is 1. The molecule has 0 amide bonds. The predicted octanol–water partition coefficient (Wildman–Crippen LogP) is -0.529. The molecule has 0 aromatic carbocycles. The van der Waals surface area contributed by atoms with Crippen molar-refractivity contribution < 1.29 is 13.2 Å². The van der Waals surface area contributed by atoms with Gasteiger partial charge in [0.1, 0.15) is 5.82 Å². The van der Waals surface area contributed by atoms with Gasteiger partial charge in [0.2, 0.25) is 15.7 Å². The second-order valence-electron chi connectivity index (χ2n) is 2.39. The molecule has 0 aliphatic rings. The van der Waals surface area contributed by atoms with Gasteiger partial charge in [-0.1, -0.05) is 0 Å². The fourth-order valence-corrected chi connectivity index (χ4v) is 1.22. The molecule has 0 aliphatic carbocycles. The van der Waals surface area contributed by atoms with Gasteiger partial charge in [0, 0.05) is 12.3 Å². The van der Waals surface area contributed by atoms with Crippen molar-refractivity contribution in [1.29, 1.82) is 0 Å². The maximum absolute atomic E-state index is 11.0. The number of ether oxygens (including phenoxy) is 1. The Bertz CT molecular complexity index is 415. The normalized spacial score (nSPS) is 11.2. The van der Waals surface area contributed by atoms with Crippen LogP contribution in [0.3, 0.4) is 0 Å². The van der Waals surface area contributed by atoms with Gasteiger partial charge in [0.25, 0.3) is 5.16 Å². The Balaban J connectivity index is 3.33. The summed E-state index contributed by atoms with van der Waals surface area (Å²) in [5.41, 5.74) is 5.34. The van der Waals surface area contributed by atoms with Gasteiger partial charge in [-0.25, -0.2) is 13.4 Å². The molecule has 0 saturated heterocycles. The van der Waals surface area contributed by atoms with Gasteiger partial charge in [0.05, 0.1) is 7.11 Å². The molecule has 0 saturated carbocycles. The first-order valence-electron chi connectivity index (χ1n) is 3.32. The van der Waals surface area contributed by atoms with Gasteiger partial charge in [-0.2, -0.15) is 4.98 Å². The highest BCUT2D eigenvalue weighted by atomic mass is 32.2. The molecular formula is C6H9N3O3S. The topological polar surface area (TPSA) is 95.2 Å². The van der Waals surface area contributed by atoms with Crippen LogP contribution in [0.1, 0.15) is 0 Å². The lowest BCUT2D eigenvalue weighted by molar-refractivity contribution is 0.392. The summed E-state index contributed by atoms with van der Waals surface area (Å²) in [5.74, 6) is 0.195. The van der Waals surface area contributed by atoms with Crippen LogP contribution >= 0.6 is 0 Å². The number of nitrogens with two attached hydrogens (primary N) is 1. The smallest absolute Gasteiger partial charge is 0.252 e. The Morgan fingerprint density at radius 1 is 1.46 bits per heavy atom. The van der Waals surface area contributed by atoms with E-state index in [0.29, 0.717) is 0 Å². The van der Waals surface area contributed by atoms with E-state index in [1.807, 2.05) is 0 Å². The first-order valence-corrected chi connectivity index (χ1v) is 5.21. The van der Waals surface area contributed by atoms with Gasteiger partial charge >= 0.3 is 0 Å². The molecule has 6 nitrogen and oxygen atoms in total. The molecule has 0 atom stereocenters. The zero-order valence-electron chi connectivity index (χ0n) is 7.18. The summed E-state index contributed by atoms with van der Waals surface area (Å²) in [5, 5.41) is -0.329. The molecule has 0 unspecified atom stereocenters. The molecule has 13 heavy (non-hydrogen) atoms. The van der Waals surface area contributed by atoms with Gasteiger partial charge < -0.3 is 10.5 Å². The molecule has 72 valence electrons. The molecular weight excluding hydrogens is 194 g/mol. The summed E-state index contributed by atoms with van der Waals surface area (Å²) in [4.78, 5) is 7.17. The van der Waals surface area contributed by atoms with E-state index in [2.05, 4.69) is 9.97 Å². The van der Waals surface area contributed by atoms with Crippen molar-refractivity contribution in [2.75, 3.05) is 19.1 Å². The predicted molar refractivity (Wildman–Crippen MR) is 46.1 cm³/mol. The number of methoxy groups -OCH3 is 1. The lowest BCUT2D eigenvalue weighted by atomic mass is 10.6. The van der Waals surface area contributed by atoms with Crippen LogP contribution in [-0.2, 0) is 9.84 Å². The quantitative estimate of drug-likeness (QED) is 0.649. The third-order valence-corrected chi connectivity index (χ3v) is 2.09. The fraction of sp³-hybridized carbons (Fsp3) is 0.333. The van der Waals surface area contributed by atoms with Crippen molar-refractivity contribution >= 4 is 15.7 Å². The van der Waals surface area contributed by atoms with Crippen molar-refractivity contribution in [3.8, 4) is 5.88 Å². The Morgan fingerprint density at radius 3 is 2.54 bits per heavy atom. The summed E-state index contributed by atoms with van der Waals surface area (Å²) < 4.78 is 26.8.